The lowest BCUT2D eigenvalue weighted by atomic mass is 10.3. The fraction of sp³-hybridized carbons (Fsp3) is 0.182. The lowest BCUT2D eigenvalue weighted by Crippen LogP contribution is -2.05. The lowest BCUT2D eigenvalue weighted by Gasteiger charge is -1.98. The first-order chi connectivity index (χ1) is 7.79. The van der Waals surface area contributed by atoms with Crippen molar-refractivity contribution in [3.05, 3.63) is 35.8 Å². The molecular weight excluding hydrogens is 202 g/mol. The van der Waals surface area contributed by atoms with Gasteiger partial charge in [-0.2, -0.15) is 0 Å². The minimum absolute atomic E-state index is 0.436. The Morgan fingerprint density at radius 1 is 1.31 bits per heavy atom. The third kappa shape index (κ3) is 1.18. The van der Waals surface area contributed by atoms with Gasteiger partial charge in [-0.15, -0.1) is 5.10 Å². The van der Waals surface area contributed by atoms with Crippen LogP contribution in [0.5, 0.6) is 0 Å². The van der Waals surface area contributed by atoms with Crippen molar-refractivity contribution in [3.8, 4) is 0 Å². The number of hydrogen-bond acceptors (Lipinski definition) is 4. The predicted octanol–water partition coefficient (Wildman–Crippen LogP) is 1.04. The zero-order chi connectivity index (χ0) is 11.1. The average molecular weight is 213 g/mol. The van der Waals surface area contributed by atoms with Gasteiger partial charge >= 0.3 is 0 Å². The molecule has 0 aliphatic carbocycles. The molecule has 0 saturated heterocycles. The van der Waals surface area contributed by atoms with Crippen LogP contribution >= 0.6 is 0 Å². The molecule has 0 spiro atoms. The van der Waals surface area contributed by atoms with Crippen LogP contribution in [0.1, 0.15) is 11.4 Å². The summed E-state index contributed by atoms with van der Waals surface area (Å²) in [5.41, 5.74) is 9.07. The Hall–Kier alpha value is -2.01. The Balaban J connectivity index is 2.49. The summed E-state index contributed by atoms with van der Waals surface area (Å²) < 4.78 is 1.76. The normalized spacial score (nSPS) is 11.4. The highest BCUT2D eigenvalue weighted by molar-refractivity contribution is 5.89. The van der Waals surface area contributed by atoms with Crippen LogP contribution < -0.4 is 5.73 Å². The highest BCUT2D eigenvalue weighted by atomic mass is 15.3. The summed E-state index contributed by atoms with van der Waals surface area (Å²) in [4.78, 5) is 8.69. The maximum absolute atomic E-state index is 5.66. The molecule has 0 saturated carbocycles. The summed E-state index contributed by atoms with van der Waals surface area (Å²) in [5, 5.41) is 5.37. The summed E-state index contributed by atoms with van der Waals surface area (Å²) in [6.45, 7) is 2.38. The molecule has 16 heavy (non-hydrogen) atoms. The molecule has 3 rings (SSSR count). The molecule has 3 aromatic heterocycles. The van der Waals surface area contributed by atoms with E-state index in [1.807, 2.05) is 25.1 Å². The number of fused-ring (bicyclic) bond motifs is 3. The summed E-state index contributed by atoms with van der Waals surface area (Å²) >= 11 is 0. The third-order valence-electron chi connectivity index (χ3n) is 2.60. The maximum Gasteiger partial charge on any atom is 0.184 e. The fourth-order valence-corrected chi connectivity index (χ4v) is 1.79. The number of rotatable bonds is 1. The molecule has 0 fully saturated rings. The monoisotopic (exact) mass is 213 g/mol. The maximum atomic E-state index is 5.66. The van der Waals surface area contributed by atoms with Crippen LogP contribution in [-0.4, -0.2) is 19.6 Å². The summed E-state index contributed by atoms with van der Waals surface area (Å²) in [7, 11) is 0. The molecule has 0 radical (unpaired) electrons. The summed E-state index contributed by atoms with van der Waals surface area (Å²) in [6, 6.07) is 5.82. The van der Waals surface area contributed by atoms with E-state index in [1.165, 1.54) is 0 Å². The van der Waals surface area contributed by atoms with Crippen LogP contribution in [0.4, 0.5) is 0 Å². The fourth-order valence-electron chi connectivity index (χ4n) is 1.79. The largest absolute Gasteiger partial charge is 0.325 e. The number of aryl methyl sites for hydroxylation is 1. The van der Waals surface area contributed by atoms with Gasteiger partial charge in [0.25, 0.3) is 0 Å². The molecule has 0 aromatic carbocycles. The molecule has 0 atom stereocenters. The second kappa shape index (κ2) is 3.24. The number of hydrogen-bond donors (Lipinski definition) is 1. The Kier molecular flexibility index (Phi) is 1.87. The third-order valence-corrected chi connectivity index (χ3v) is 2.60. The molecule has 2 N–H and O–H groups in total. The summed E-state index contributed by atoms with van der Waals surface area (Å²) in [6.07, 6.45) is 1.75. The summed E-state index contributed by atoms with van der Waals surface area (Å²) in [5.74, 6) is 0. The van der Waals surface area contributed by atoms with Crippen molar-refractivity contribution in [1.29, 1.82) is 0 Å². The van der Waals surface area contributed by atoms with Crippen molar-refractivity contribution in [2.75, 3.05) is 0 Å². The van der Waals surface area contributed by atoms with Crippen LogP contribution in [0.25, 0.3) is 16.7 Å². The van der Waals surface area contributed by atoms with Crippen molar-refractivity contribution >= 4 is 16.7 Å². The van der Waals surface area contributed by atoms with E-state index in [4.69, 9.17) is 5.73 Å². The molecule has 0 unspecified atom stereocenters. The van der Waals surface area contributed by atoms with E-state index >= 15 is 0 Å². The van der Waals surface area contributed by atoms with Crippen LogP contribution in [-0.2, 0) is 6.54 Å². The number of pyridine rings is 1. The number of nitrogens with zero attached hydrogens (tertiary/aromatic N) is 4. The predicted molar refractivity (Wildman–Crippen MR) is 60.9 cm³/mol. The second-order valence-electron chi connectivity index (χ2n) is 3.70. The molecule has 0 aliphatic rings. The van der Waals surface area contributed by atoms with E-state index in [2.05, 4.69) is 15.1 Å². The van der Waals surface area contributed by atoms with Gasteiger partial charge in [-0.1, -0.05) is 0 Å². The molecule has 0 amide bonds. The zero-order valence-electron chi connectivity index (χ0n) is 8.88. The van der Waals surface area contributed by atoms with Gasteiger partial charge in [-0.25, -0.2) is 14.5 Å². The van der Waals surface area contributed by atoms with Gasteiger partial charge in [0.15, 0.2) is 11.3 Å². The van der Waals surface area contributed by atoms with E-state index < -0.39 is 0 Å². The highest BCUT2D eigenvalue weighted by Gasteiger charge is 2.09. The minimum atomic E-state index is 0.436. The van der Waals surface area contributed by atoms with Crippen LogP contribution in [0.3, 0.4) is 0 Å². The second-order valence-corrected chi connectivity index (χ2v) is 3.70. The van der Waals surface area contributed by atoms with Gasteiger partial charge in [0, 0.05) is 18.4 Å². The number of aromatic nitrogens is 4. The van der Waals surface area contributed by atoms with Crippen molar-refractivity contribution < 1.29 is 0 Å². The molecule has 5 nitrogen and oxygen atoms in total. The quantitative estimate of drug-likeness (QED) is 0.655. The van der Waals surface area contributed by atoms with E-state index in [9.17, 15) is 0 Å². The highest BCUT2D eigenvalue weighted by Crippen LogP contribution is 2.17. The van der Waals surface area contributed by atoms with Gasteiger partial charge in [0.05, 0.1) is 11.1 Å². The van der Waals surface area contributed by atoms with E-state index in [1.54, 1.807) is 10.7 Å². The molecule has 5 heteroatoms. The molecule has 80 valence electrons. The molecule has 0 bridgehead atoms. The van der Waals surface area contributed by atoms with E-state index in [0.29, 0.717) is 12.2 Å². The molecular formula is C11H11N5. The topological polar surface area (TPSA) is 69.1 Å². The molecule has 0 aliphatic heterocycles. The first-order valence-electron chi connectivity index (χ1n) is 5.09. The smallest absolute Gasteiger partial charge is 0.184 e. The molecule has 3 aromatic rings. The first-order valence-corrected chi connectivity index (χ1v) is 5.09. The van der Waals surface area contributed by atoms with Crippen LogP contribution in [0, 0.1) is 6.92 Å². The SMILES string of the molecule is Cc1ccc2c(n1)nn1c(CN)ccnc21. The Morgan fingerprint density at radius 2 is 2.19 bits per heavy atom. The van der Waals surface area contributed by atoms with Crippen LogP contribution in [0.2, 0.25) is 0 Å². The molecule has 3 heterocycles. The zero-order valence-corrected chi connectivity index (χ0v) is 8.88. The minimum Gasteiger partial charge on any atom is -0.325 e. The van der Waals surface area contributed by atoms with Gasteiger partial charge < -0.3 is 5.73 Å². The van der Waals surface area contributed by atoms with E-state index in [-0.39, 0.29) is 0 Å². The van der Waals surface area contributed by atoms with Gasteiger partial charge in [0.2, 0.25) is 0 Å². The average Bonchev–Trinajstić information content (AvgIpc) is 2.65. The van der Waals surface area contributed by atoms with Crippen molar-refractivity contribution in [1.82, 2.24) is 19.6 Å². The van der Waals surface area contributed by atoms with Gasteiger partial charge in [-0.05, 0) is 25.1 Å². The Morgan fingerprint density at radius 3 is 3.00 bits per heavy atom. The van der Waals surface area contributed by atoms with Crippen LogP contribution in [0.15, 0.2) is 24.4 Å². The van der Waals surface area contributed by atoms with Crippen molar-refractivity contribution in [3.63, 3.8) is 0 Å². The lowest BCUT2D eigenvalue weighted by molar-refractivity contribution is 0.841. The van der Waals surface area contributed by atoms with E-state index in [0.717, 1.165) is 22.4 Å². The Labute approximate surface area is 91.9 Å². The van der Waals surface area contributed by atoms with Crippen molar-refractivity contribution in [2.45, 2.75) is 13.5 Å². The van der Waals surface area contributed by atoms with Crippen molar-refractivity contribution in [2.24, 2.45) is 5.73 Å². The van der Waals surface area contributed by atoms with Gasteiger partial charge in [-0.3, -0.25) is 0 Å². The van der Waals surface area contributed by atoms with Gasteiger partial charge in [0.1, 0.15) is 0 Å². The number of nitrogens with two attached hydrogens (primary N) is 1. The first kappa shape index (κ1) is 9.23. The Bertz CT molecular complexity index is 670. The standard InChI is InChI=1S/C11H11N5/c1-7-2-3-9-10(14-7)15-16-8(6-12)4-5-13-11(9)16/h2-5H,6,12H2,1H3.